The van der Waals surface area contributed by atoms with E-state index in [-0.39, 0.29) is 5.91 Å². The summed E-state index contributed by atoms with van der Waals surface area (Å²) in [5.41, 5.74) is 3.65. The van der Waals surface area contributed by atoms with Crippen LogP contribution >= 0.6 is 11.3 Å². The Labute approximate surface area is 128 Å². The van der Waals surface area contributed by atoms with E-state index in [4.69, 9.17) is 0 Å². The Balaban J connectivity index is 1.46. The molecule has 1 aromatic carbocycles. The van der Waals surface area contributed by atoms with Crippen molar-refractivity contribution in [2.45, 2.75) is 19.3 Å². The van der Waals surface area contributed by atoms with E-state index in [0.29, 0.717) is 13.0 Å². The van der Waals surface area contributed by atoms with Gasteiger partial charge in [-0.05, 0) is 46.9 Å². The van der Waals surface area contributed by atoms with E-state index in [9.17, 15) is 4.79 Å². The van der Waals surface area contributed by atoms with Crippen LogP contribution in [0.15, 0.2) is 47.3 Å². The van der Waals surface area contributed by atoms with E-state index in [1.54, 1.807) is 11.3 Å². The highest BCUT2D eigenvalue weighted by atomic mass is 32.1. The van der Waals surface area contributed by atoms with Crippen molar-refractivity contribution in [3.63, 3.8) is 0 Å². The number of amides is 1. The zero-order valence-electron chi connectivity index (χ0n) is 11.8. The van der Waals surface area contributed by atoms with Gasteiger partial charge >= 0.3 is 0 Å². The molecular formula is C17H18N2OS. The van der Waals surface area contributed by atoms with Gasteiger partial charge in [-0.25, -0.2) is 0 Å². The number of benzene rings is 1. The number of hydrogen-bond donors (Lipinski definition) is 2. The van der Waals surface area contributed by atoms with Crippen molar-refractivity contribution in [1.29, 1.82) is 0 Å². The summed E-state index contributed by atoms with van der Waals surface area (Å²) in [4.78, 5) is 15.1. The van der Waals surface area contributed by atoms with Crippen LogP contribution in [0.3, 0.4) is 0 Å². The fourth-order valence-electron chi connectivity index (χ4n) is 2.46. The monoisotopic (exact) mass is 298 g/mol. The van der Waals surface area contributed by atoms with Gasteiger partial charge in [-0.2, -0.15) is 11.3 Å². The lowest BCUT2D eigenvalue weighted by Gasteiger charge is -2.04. The van der Waals surface area contributed by atoms with E-state index in [1.165, 1.54) is 16.5 Å². The highest BCUT2D eigenvalue weighted by Crippen LogP contribution is 2.17. The van der Waals surface area contributed by atoms with Crippen molar-refractivity contribution in [3.8, 4) is 0 Å². The highest BCUT2D eigenvalue weighted by molar-refractivity contribution is 7.07. The standard InChI is InChI=1S/C17H18N2OS/c20-17(6-5-13-8-10-21-12-13)18-9-7-14-11-19-16-4-2-1-3-15(14)16/h1-4,8,10-12,19H,5-7,9H2,(H,18,20). The molecule has 3 nitrogen and oxygen atoms in total. The lowest BCUT2D eigenvalue weighted by Crippen LogP contribution is -2.25. The van der Waals surface area contributed by atoms with E-state index in [2.05, 4.69) is 33.9 Å². The van der Waals surface area contributed by atoms with Gasteiger partial charge in [0.05, 0.1) is 0 Å². The van der Waals surface area contributed by atoms with Gasteiger partial charge in [-0.3, -0.25) is 4.79 Å². The van der Waals surface area contributed by atoms with Crippen molar-refractivity contribution in [1.82, 2.24) is 10.3 Å². The van der Waals surface area contributed by atoms with Crippen LogP contribution in [-0.2, 0) is 17.6 Å². The van der Waals surface area contributed by atoms with Crippen LogP contribution in [0.1, 0.15) is 17.5 Å². The van der Waals surface area contributed by atoms with Gasteiger partial charge < -0.3 is 10.3 Å². The molecule has 2 N–H and O–H groups in total. The molecule has 2 aromatic heterocycles. The first-order valence-corrected chi connectivity index (χ1v) is 8.10. The Hall–Kier alpha value is -2.07. The Bertz CT molecular complexity index is 715. The number of para-hydroxylation sites is 1. The largest absolute Gasteiger partial charge is 0.361 e. The number of aromatic nitrogens is 1. The van der Waals surface area contributed by atoms with Crippen LogP contribution in [0.5, 0.6) is 0 Å². The number of aryl methyl sites for hydroxylation is 1. The second-order valence-electron chi connectivity index (χ2n) is 5.09. The number of fused-ring (bicyclic) bond motifs is 1. The number of hydrogen-bond acceptors (Lipinski definition) is 2. The maximum atomic E-state index is 11.8. The summed E-state index contributed by atoms with van der Waals surface area (Å²) >= 11 is 1.67. The first-order valence-electron chi connectivity index (χ1n) is 7.16. The van der Waals surface area contributed by atoms with Crippen molar-refractivity contribution in [2.75, 3.05) is 6.54 Å². The number of aromatic amines is 1. The summed E-state index contributed by atoms with van der Waals surface area (Å²) in [7, 11) is 0. The summed E-state index contributed by atoms with van der Waals surface area (Å²) in [6, 6.07) is 10.3. The maximum absolute atomic E-state index is 11.8. The predicted molar refractivity (Wildman–Crippen MR) is 87.7 cm³/mol. The average Bonchev–Trinajstić information content (AvgIpc) is 3.15. The van der Waals surface area contributed by atoms with Crippen LogP contribution in [-0.4, -0.2) is 17.4 Å². The maximum Gasteiger partial charge on any atom is 0.220 e. The van der Waals surface area contributed by atoms with Gasteiger partial charge in [0.2, 0.25) is 5.91 Å². The van der Waals surface area contributed by atoms with Gasteiger partial charge in [0.1, 0.15) is 0 Å². The van der Waals surface area contributed by atoms with E-state index in [1.807, 2.05) is 23.7 Å². The van der Waals surface area contributed by atoms with E-state index >= 15 is 0 Å². The first kappa shape index (κ1) is 13.9. The molecule has 0 atom stereocenters. The summed E-state index contributed by atoms with van der Waals surface area (Å²) in [6.45, 7) is 0.685. The summed E-state index contributed by atoms with van der Waals surface area (Å²) in [5, 5.41) is 8.38. The SMILES string of the molecule is O=C(CCc1ccsc1)NCCc1c[nH]c2ccccc12. The minimum Gasteiger partial charge on any atom is -0.361 e. The normalized spacial score (nSPS) is 10.9. The average molecular weight is 298 g/mol. The lowest BCUT2D eigenvalue weighted by molar-refractivity contribution is -0.121. The van der Waals surface area contributed by atoms with Crippen LogP contribution in [0.4, 0.5) is 0 Å². The molecule has 0 radical (unpaired) electrons. The Morgan fingerprint density at radius 2 is 2.10 bits per heavy atom. The molecule has 0 aliphatic heterocycles. The Morgan fingerprint density at radius 3 is 2.95 bits per heavy atom. The molecule has 21 heavy (non-hydrogen) atoms. The van der Waals surface area contributed by atoms with Crippen molar-refractivity contribution in [2.24, 2.45) is 0 Å². The molecule has 4 heteroatoms. The van der Waals surface area contributed by atoms with Crippen LogP contribution in [0.2, 0.25) is 0 Å². The van der Waals surface area contributed by atoms with Crippen LogP contribution in [0.25, 0.3) is 10.9 Å². The quantitative estimate of drug-likeness (QED) is 0.718. The predicted octanol–water partition coefficient (Wildman–Crippen LogP) is 3.52. The molecule has 3 aromatic rings. The number of thiophene rings is 1. The van der Waals surface area contributed by atoms with Crippen molar-refractivity contribution < 1.29 is 4.79 Å². The third kappa shape index (κ3) is 3.52. The van der Waals surface area contributed by atoms with E-state index < -0.39 is 0 Å². The number of carbonyl (C=O) groups excluding carboxylic acids is 1. The molecule has 0 spiro atoms. The molecule has 2 heterocycles. The number of rotatable bonds is 6. The van der Waals surface area contributed by atoms with Gasteiger partial charge in [0.15, 0.2) is 0 Å². The van der Waals surface area contributed by atoms with Gasteiger partial charge in [0.25, 0.3) is 0 Å². The second-order valence-corrected chi connectivity index (χ2v) is 5.87. The molecule has 1 amide bonds. The van der Waals surface area contributed by atoms with Crippen LogP contribution < -0.4 is 5.32 Å². The van der Waals surface area contributed by atoms with Gasteiger partial charge in [-0.1, -0.05) is 18.2 Å². The number of carbonyl (C=O) groups is 1. The fourth-order valence-corrected chi connectivity index (χ4v) is 3.16. The number of H-pyrrole nitrogens is 1. The molecule has 0 bridgehead atoms. The summed E-state index contributed by atoms with van der Waals surface area (Å²) < 4.78 is 0. The smallest absolute Gasteiger partial charge is 0.220 e. The molecule has 0 fully saturated rings. The lowest BCUT2D eigenvalue weighted by atomic mass is 10.1. The van der Waals surface area contributed by atoms with Crippen LogP contribution in [0, 0.1) is 0 Å². The molecule has 0 unspecified atom stereocenters. The summed E-state index contributed by atoms with van der Waals surface area (Å²) in [6.07, 6.45) is 4.27. The Kier molecular flexibility index (Phi) is 4.36. The summed E-state index contributed by atoms with van der Waals surface area (Å²) in [5.74, 6) is 0.126. The molecule has 108 valence electrons. The number of nitrogens with one attached hydrogen (secondary N) is 2. The molecule has 3 rings (SSSR count). The van der Waals surface area contributed by atoms with Crippen molar-refractivity contribution in [3.05, 3.63) is 58.4 Å². The zero-order chi connectivity index (χ0) is 14.5. The fraction of sp³-hybridized carbons (Fsp3) is 0.235. The molecule has 0 saturated carbocycles. The minimum absolute atomic E-state index is 0.126. The van der Waals surface area contributed by atoms with Crippen molar-refractivity contribution >= 4 is 28.1 Å². The second kappa shape index (κ2) is 6.59. The molecule has 0 aliphatic carbocycles. The first-order chi connectivity index (χ1) is 10.3. The highest BCUT2D eigenvalue weighted by Gasteiger charge is 2.05. The zero-order valence-corrected chi connectivity index (χ0v) is 12.6. The molecular weight excluding hydrogens is 280 g/mol. The van der Waals surface area contributed by atoms with Gasteiger partial charge in [0, 0.05) is 30.1 Å². The molecule has 0 saturated heterocycles. The third-order valence-electron chi connectivity index (χ3n) is 3.61. The molecule has 0 aliphatic rings. The van der Waals surface area contributed by atoms with E-state index in [0.717, 1.165) is 18.4 Å². The topological polar surface area (TPSA) is 44.9 Å². The van der Waals surface area contributed by atoms with Gasteiger partial charge in [-0.15, -0.1) is 0 Å². The minimum atomic E-state index is 0.126. The third-order valence-corrected chi connectivity index (χ3v) is 4.34. The Morgan fingerprint density at radius 1 is 1.19 bits per heavy atom.